The summed E-state index contributed by atoms with van der Waals surface area (Å²) in [5.74, 6) is -1.76. The van der Waals surface area contributed by atoms with Crippen LogP contribution in [0.2, 0.25) is 0 Å². The van der Waals surface area contributed by atoms with Crippen molar-refractivity contribution in [3.05, 3.63) is 71.8 Å². The van der Waals surface area contributed by atoms with E-state index in [1.807, 2.05) is 0 Å². The van der Waals surface area contributed by atoms with Crippen LogP contribution in [0.25, 0.3) is 0 Å². The standard InChI is InChI=1S/2C7H6O2.C3H6N2O2/c2*8-7(9)6-4-2-1-3-5-6;1-3(5-7)2-4-6/h2*1-5H,(H,8,9);2,6-7H,1H3. The summed E-state index contributed by atoms with van der Waals surface area (Å²) in [4.78, 5) is 20.4. The largest absolute Gasteiger partial charge is 0.478 e. The maximum absolute atomic E-state index is 10.2. The third kappa shape index (κ3) is 10.6. The number of benzene rings is 2. The highest BCUT2D eigenvalue weighted by Gasteiger charge is 1.97. The summed E-state index contributed by atoms with van der Waals surface area (Å²) in [5.41, 5.74) is 0.928. The molecule has 8 heteroatoms. The number of carbonyl (C=O) groups is 2. The number of hydrogen-bond donors (Lipinski definition) is 4. The van der Waals surface area contributed by atoms with Gasteiger partial charge in [-0.3, -0.25) is 0 Å². The Kier molecular flexibility index (Phi) is 10.9. The van der Waals surface area contributed by atoms with E-state index >= 15 is 0 Å². The molecule has 0 bridgehead atoms. The van der Waals surface area contributed by atoms with Gasteiger partial charge in [0.05, 0.1) is 23.1 Å². The molecule has 0 aliphatic rings. The molecule has 0 aromatic heterocycles. The number of carboxylic acids is 2. The van der Waals surface area contributed by atoms with E-state index in [9.17, 15) is 9.59 Å². The molecule has 2 aromatic rings. The second-order valence-corrected chi connectivity index (χ2v) is 4.33. The highest BCUT2D eigenvalue weighted by molar-refractivity contribution is 6.29. The van der Waals surface area contributed by atoms with Gasteiger partial charge in [-0.25, -0.2) is 9.59 Å². The van der Waals surface area contributed by atoms with Gasteiger partial charge in [0, 0.05) is 0 Å². The van der Waals surface area contributed by atoms with Crippen molar-refractivity contribution in [3.8, 4) is 0 Å². The number of rotatable bonds is 3. The molecule has 0 aliphatic carbocycles. The van der Waals surface area contributed by atoms with Crippen LogP contribution in [0.1, 0.15) is 27.6 Å². The van der Waals surface area contributed by atoms with Crippen LogP contribution >= 0.6 is 0 Å². The Hall–Kier alpha value is -3.68. The van der Waals surface area contributed by atoms with Gasteiger partial charge in [0.2, 0.25) is 0 Å². The lowest BCUT2D eigenvalue weighted by Gasteiger charge is -1.88. The second-order valence-electron chi connectivity index (χ2n) is 4.33. The van der Waals surface area contributed by atoms with E-state index in [1.165, 1.54) is 6.92 Å². The molecule has 0 spiro atoms. The lowest BCUT2D eigenvalue weighted by Crippen LogP contribution is -1.93. The maximum Gasteiger partial charge on any atom is 0.335 e. The molecule has 25 heavy (non-hydrogen) atoms. The first-order valence-corrected chi connectivity index (χ1v) is 6.85. The number of hydrogen-bond acceptors (Lipinski definition) is 6. The first-order valence-electron chi connectivity index (χ1n) is 6.85. The third-order valence-corrected chi connectivity index (χ3v) is 2.44. The molecular formula is C17H18N2O6. The van der Waals surface area contributed by atoms with Crippen molar-refractivity contribution in [2.45, 2.75) is 6.92 Å². The van der Waals surface area contributed by atoms with Crippen molar-refractivity contribution in [2.75, 3.05) is 0 Å². The monoisotopic (exact) mass is 346 g/mol. The van der Waals surface area contributed by atoms with E-state index in [4.69, 9.17) is 20.6 Å². The van der Waals surface area contributed by atoms with Crippen LogP contribution in [0.3, 0.4) is 0 Å². The van der Waals surface area contributed by atoms with Crippen LogP contribution in [0.5, 0.6) is 0 Å². The van der Waals surface area contributed by atoms with E-state index in [1.54, 1.807) is 60.7 Å². The van der Waals surface area contributed by atoms with Gasteiger partial charge < -0.3 is 20.6 Å². The van der Waals surface area contributed by atoms with Crippen molar-refractivity contribution in [1.29, 1.82) is 0 Å². The van der Waals surface area contributed by atoms with Crippen LogP contribution in [0.15, 0.2) is 71.0 Å². The SMILES string of the molecule is CC(C=NO)=NO.O=C(O)c1ccccc1.O=C(O)c1ccccc1. The third-order valence-electron chi connectivity index (χ3n) is 2.44. The van der Waals surface area contributed by atoms with E-state index in [-0.39, 0.29) is 5.71 Å². The first kappa shape index (κ1) is 21.3. The molecule has 2 rings (SSSR count). The number of carboxylic acid groups (broad SMARTS) is 2. The van der Waals surface area contributed by atoms with Crippen LogP contribution in [0.4, 0.5) is 0 Å². The number of nitrogens with zero attached hydrogens (tertiary/aromatic N) is 2. The van der Waals surface area contributed by atoms with Crippen molar-refractivity contribution in [1.82, 2.24) is 0 Å². The molecule has 0 radical (unpaired) electrons. The lowest BCUT2D eigenvalue weighted by atomic mass is 10.2. The zero-order valence-corrected chi connectivity index (χ0v) is 13.4. The average Bonchev–Trinajstić information content (AvgIpc) is 2.64. The van der Waals surface area contributed by atoms with E-state index < -0.39 is 11.9 Å². The molecule has 0 saturated heterocycles. The predicted octanol–water partition coefficient (Wildman–Crippen LogP) is 3.07. The summed E-state index contributed by atoms with van der Waals surface area (Å²) >= 11 is 0. The van der Waals surface area contributed by atoms with Crippen LogP contribution in [-0.4, -0.2) is 44.5 Å². The highest BCUT2D eigenvalue weighted by Crippen LogP contribution is 1.96. The zero-order chi connectivity index (χ0) is 19.1. The van der Waals surface area contributed by atoms with Gasteiger partial charge >= 0.3 is 11.9 Å². The van der Waals surface area contributed by atoms with Gasteiger partial charge in [-0.15, -0.1) is 0 Å². The Morgan fingerprint density at radius 3 is 1.32 bits per heavy atom. The summed E-state index contributed by atoms with van der Waals surface area (Å²) in [6.45, 7) is 1.50. The second kappa shape index (κ2) is 12.8. The minimum Gasteiger partial charge on any atom is -0.478 e. The normalized spacial score (nSPS) is 10.0. The fraction of sp³-hybridized carbons (Fsp3) is 0.0588. The quantitative estimate of drug-likeness (QED) is 0.382. The van der Waals surface area contributed by atoms with Gasteiger partial charge in [0.25, 0.3) is 0 Å². The topological polar surface area (TPSA) is 140 Å². The molecule has 0 fully saturated rings. The molecule has 0 heterocycles. The molecule has 132 valence electrons. The van der Waals surface area contributed by atoms with Gasteiger partial charge in [0.1, 0.15) is 0 Å². The molecule has 0 aliphatic heterocycles. The number of aromatic carboxylic acids is 2. The Balaban J connectivity index is 0.000000350. The molecule has 0 unspecified atom stereocenters. The summed E-state index contributed by atoms with van der Waals surface area (Å²) in [6, 6.07) is 16.6. The summed E-state index contributed by atoms with van der Waals surface area (Å²) in [5, 5.41) is 37.6. The Labute approximate surface area is 144 Å². The predicted molar refractivity (Wildman–Crippen MR) is 92.0 cm³/mol. The molecule has 0 amide bonds. The van der Waals surface area contributed by atoms with E-state index in [0.717, 1.165) is 6.21 Å². The molecular weight excluding hydrogens is 328 g/mol. The van der Waals surface area contributed by atoms with Gasteiger partial charge in [-0.05, 0) is 31.2 Å². The average molecular weight is 346 g/mol. The summed E-state index contributed by atoms with van der Waals surface area (Å²) < 4.78 is 0. The molecule has 0 saturated carbocycles. The first-order chi connectivity index (χ1) is 11.9. The van der Waals surface area contributed by atoms with Crippen molar-refractivity contribution in [2.24, 2.45) is 10.3 Å². The van der Waals surface area contributed by atoms with Gasteiger partial charge in [-0.2, -0.15) is 0 Å². The van der Waals surface area contributed by atoms with E-state index in [0.29, 0.717) is 11.1 Å². The summed E-state index contributed by atoms with van der Waals surface area (Å²) in [7, 11) is 0. The van der Waals surface area contributed by atoms with Crippen molar-refractivity contribution >= 4 is 23.9 Å². The fourth-order valence-electron chi connectivity index (χ4n) is 1.27. The fourth-order valence-corrected chi connectivity index (χ4v) is 1.27. The Bertz CT molecular complexity index is 650. The zero-order valence-electron chi connectivity index (χ0n) is 13.4. The van der Waals surface area contributed by atoms with Crippen molar-refractivity contribution < 1.29 is 30.2 Å². The summed E-state index contributed by atoms with van der Waals surface area (Å²) in [6.07, 6.45) is 1.03. The minimum atomic E-state index is -0.879. The smallest absolute Gasteiger partial charge is 0.335 e. The molecule has 2 aromatic carbocycles. The molecule has 0 atom stereocenters. The van der Waals surface area contributed by atoms with E-state index in [2.05, 4.69) is 10.3 Å². The number of oxime groups is 2. The van der Waals surface area contributed by atoms with Crippen LogP contribution < -0.4 is 0 Å². The van der Waals surface area contributed by atoms with Crippen LogP contribution in [-0.2, 0) is 0 Å². The maximum atomic E-state index is 10.2. The minimum absolute atomic E-state index is 0.266. The molecule has 8 nitrogen and oxygen atoms in total. The molecule has 4 N–H and O–H groups in total. The van der Waals surface area contributed by atoms with Gasteiger partial charge in [-0.1, -0.05) is 46.7 Å². The highest BCUT2D eigenvalue weighted by atomic mass is 16.4. The van der Waals surface area contributed by atoms with Gasteiger partial charge in [0.15, 0.2) is 0 Å². The van der Waals surface area contributed by atoms with Crippen LogP contribution in [0, 0.1) is 0 Å². The van der Waals surface area contributed by atoms with Crippen molar-refractivity contribution in [3.63, 3.8) is 0 Å². The Morgan fingerprint density at radius 1 is 0.800 bits per heavy atom. The lowest BCUT2D eigenvalue weighted by molar-refractivity contribution is 0.0686. The Morgan fingerprint density at radius 2 is 1.16 bits per heavy atom.